The summed E-state index contributed by atoms with van der Waals surface area (Å²) in [6.07, 6.45) is -0.436. The molecule has 5 nitrogen and oxygen atoms in total. The first kappa shape index (κ1) is 12.6. The summed E-state index contributed by atoms with van der Waals surface area (Å²) in [7, 11) is 1.40. The van der Waals surface area contributed by atoms with Crippen molar-refractivity contribution in [1.29, 1.82) is 0 Å². The summed E-state index contributed by atoms with van der Waals surface area (Å²) in [5.41, 5.74) is -0.602. The predicted molar refractivity (Wildman–Crippen MR) is 49.9 cm³/mol. The highest BCUT2D eigenvalue weighted by Gasteiger charge is 2.20. The van der Waals surface area contributed by atoms with E-state index in [-0.39, 0.29) is 12.8 Å². The van der Waals surface area contributed by atoms with Gasteiger partial charge in [-0.2, -0.15) is 0 Å². The highest BCUT2D eigenvalue weighted by molar-refractivity contribution is 6.26. The number of likely N-dealkylation sites (N-methyl/N-ethyl adjacent to an activating group) is 1. The number of aldehydes is 1. The van der Waals surface area contributed by atoms with Gasteiger partial charge in [-0.05, 0) is 20.8 Å². The van der Waals surface area contributed by atoms with Gasteiger partial charge in [0.05, 0.1) is 6.54 Å². The van der Waals surface area contributed by atoms with Crippen molar-refractivity contribution in [2.75, 3.05) is 13.6 Å². The first-order valence-electron chi connectivity index (χ1n) is 4.18. The molecule has 0 radical (unpaired) electrons. The van der Waals surface area contributed by atoms with Crippen molar-refractivity contribution in [2.24, 2.45) is 0 Å². The molecule has 0 bridgehead atoms. The van der Waals surface area contributed by atoms with Gasteiger partial charge in [0.1, 0.15) is 5.60 Å². The van der Waals surface area contributed by atoms with Crippen LogP contribution in [0.3, 0.4) is 0 Å². The fourth-order valence-electron chi connectivity index (χ4n) is 0.675. The maximum Gasteiger partial charge on any atom is 0.410 e. The molecular formula is C9H15NO4. The van der Waals surface area contributed by atoms with E-state index in [1.807, 2.05) is 0 Å². The zero-order chi connectivity index (χ0) is 11.4. The minimum atomic E-state index is -0.654. The molecule has 0 N–H and O–H groups in total. The maximum atomic E-state index is 11.2. The molecular weight excluding hydrogens is 186 g/mol. The van der Waals surface area contributed by atoms with Crippen molar-refractivity contribution in [3.05, 3.63) is 0 Å². The van der Waals surface area contributed by atoms with E-state index in [0.29, 0.717) is 0 Å². The molecule has 5 heteroatoms. The highest BCUT2D eigenvalue weighted by Crippen LogP contribution is 2.08. The summed E-state index contributed by atoms with van der Waals surface area (Å²) in [6.45, 7) is 4.92. The summed E-state index contributed by atoms with van der Waals surface area (Å²) in [4.78, 5) is 33.0. The standard InChI is InChI=1S/C9H15NO4/c1-9(2,3)14-8(13)10(4)5-7(12)6-11/h6H,5H2,1-4H3. The van der Waals surface area contributed by atoms with E-state index < -0.39 is 17.5 Å². The molecule has 1 amide bonds. The van der Waals surface area contributed by atoms with E-state index in [1.54, 1.807) is 20.8 Å². The molecule has 0 aromatic carbocycles. The number of ether oxygens (including phenoxy) is 1. The topological polar surface area (TPSA) is 63.7 Å². The van der Waals surface area contributed by atoms with E-state index in [1.165, 1.54) is 7.05 Å². The van der Waals surface area contributed by atoms with Crippen molar-refractivity contribution in [3.63, 3.8) is 0 Å². The minimum Gasteiger partial charge on any atom is -0.444 e. The fraction of sp³-hybridized carbons (Fsp3) is 0.667. The van der Waals surface area contributed by atoms with Gasteiger partial charge >= 0.3 is 6.09 Å². The Bertz CT molecular complexity index is 242. The van der Waals surface area contributed by atoms with Gasteiger partial charge in [-0.15, -0.1) is 0 Å². The second kappa shape index (κ2) is 4.74. The Balaban J connectivity index is 4.13. The normalized spacial score (nSPS) is 10.6. The van der Waals surface area contributed by atoms with Crippen LogP contribution in [-0.2, 0) is 14.3 Å². The maximum absolute atomic E-state index is 11.2. The number of amides is 1. The number of hydrogen-bond donors (Lipinski definition) is 0. The van der Waals surface area contributed by atoms with Crippen LogP contribution in [0.15, 0.2) is 0 Å². The predicted octanol–water partition coefficient (Wildman–Crippen LogP) is 0.621. The second-order valence-electron chi connectivity index (χ2n) is 3.92. The number of nitrogens with zero attached hydrogens (tertiary/aromatic N) is 1. The van der Waals surface area contributed by atoms with Crippen molar-refractivity contribution < 1.29 is 19.1 Å². The van der Waals surface area contributed by atoms with Crippen LogP contribution in [0.1, 0.15) is 20.8 Å². The van der Waals surface area contributed by atoms with Crippen LogP contribution in [0, 0.1) is 0 Å². The van der Waals surface area contributed by atoms with Gasteiger partial charge in [0, 0.05) is 7.05 Å². The summed E-state index contributed by atoms with van der Waals surface area (Å²) in [6, 6.07) is 0. The third kappa shape index (κ3) is 5.29. The Morgan fingerprint density at radius 3 is 2.21 bits per heavy atom. The van der Waals surface area contributed by atoms with E-state index in [2.05, 4.69) is 0 Å². The van der Waals surface area contributed by atoms with Crippen molar-refractivity contribution >= 4 is 18.2 Å². The molecule has 0 aromatic rings. The summed E-state index contributed by atoms with van der Waals surface area (Å²) >= 11 is 0. The monoisotopic (exact) mass is 201 g/mol. The lowest BCUT2D eigenvalue weighted by atomic mass is 10.2. The Hall–Kier alpha value is -1.39. The number of carbonyl (C=O) groups excluding carboxylic acids is 3. The molecule has 14 heavy (non-hydrogen) atoms. The largest absolute Gasteiger partial charge is 0.444 e. The van der Waals surface area contributed by atoms with Crippen LogP contribution in [0.4, 0.5) is 4.79 Å². The molecule has 0 saturated carbocycles. The van der Waals surface area contributed by atoms with Crippen LogP contribution in [0.25, 0.3) is 0 Å². The minimum absolute atomic E-state index is 0.181. The van der Waals surface area contributed by atoms with E-state index in [9.17, 15) is 14.4 Å². The van der Waals surface area contributed by atoms with Crippen molar-refractivity contribution in [2.45, 2.75) is 26.4 Å². The Morgan fingerprint density at radius 2 is 1.86 bits per heavy atom. The zero-order valence-corrected chi connectivity index (χ0v) is 8.86. The van der Waals surface area contributed by atoms with E-state index in [4.69, 9.17) is 4.74 Å². The van der Waals surface area contributed by atoms with Crippen LogP contribution < -0.4 is 0 Å². The molecule has 0 aromatic heterocycles. The summed E-state index contributed by atoms with van der Waals surface area (Å²) in [5, 5.41) is 0. The van der Waals surface area contributed by atoms with Crippen LogP contribution in [0.5, 0.6) is 0 Å². The van der Waals surface area contributed by atoms with Gasteiger partial charge in [-0.25, -0.2) is 4.79 Å². The molecule has 80 valence electrons. The lowest BCUT2D eigenvalue weighted by molar-refractivity contribution is -0.130. The Kier molecular flexibility index (Phi) is 4.27. The first-order valence-corrected chi connectivity index (χ1v) is 4.18. The van der Waals surface area contributed by atoms with Crippen LogP contribution in [-0.4, -0.2) is 42.3 Å². The lowest BCUT2D eigenvalue weighted by Gasteiger charge is -2.23. The molecule has 0 spiro atoms. The van der Waals surface area contributed by atoms with Crippen LogP contribution >= 0.6 is 0 Å². The van der Waals surface area contributed by atoms with Crippen molar-refractivity contribution in [1.82, 2.24) is 4.90 Å². The number of hydrogen-bond acceptors (Lipinski definition) is 4. The quantitative estimate of drug-likeness (QED) is 0.496. The van der Waals surface area contributed by atoms with Gasteiger partial charge in [-0.1, -0.05) is 0 Å². The first-order chi connectivity index (χ1) is 6.26. The molecule has 0 fully saturated rings. The Labute approximate surface area is 83.0 Å². The molecule has 0 aliphatic rings. The fourth-order valence-corrected chi connectivity index (χ4v) is 0.675. The molecule has 0 atom stereocenters. The molecule has 0 aliphatic heterocycles. The Morgan fingerprint density at radius 1 is 1.36 bits per heavy atom. The smallest absolute Gasteiger partial charge is 0.410 e. The van der Waals surface area contributed by atoms with E-state index >= 15 is 0 Å². The molecule has 0 saturated heterocycles. The van der Waals surface area contributed by atoms with E-state index in [0.717, 1.165) is 4.90 Å². The van der Waals surface area contributed by atoms with Crippen LogP contribution in [0.2, 0.25) is 0 Å². The molecule has 0 unspecified atom stereocenters. The van der Waals surface area contributed by atoms with Gasteiger partial charge in [-0.3, -0.25) is 9.59 Å². The average Bonchev–Trinajstić information content (AvgIpc) is 2.00. The molecule has 0 rings (SSSR count). The van der Waals surface area contributed by atoms with Gasteiger partial charge in [0.25, 0.3) is 0 Å². The zero-order valence-electron chi connectivity index (χ0n) is 8.86. The summed E-state index contributed by atoms with van der Waals surface area (Å²) < 4.78 is 4.96. The van der Waals surface area contributed by atoms with Gasteiger partial charge in [0.2, 0.25) is 5.78 Å². The summed E-state index contributed by atoms with van der Waals surface area (Å²) in [5.74, 6) is -0.654. The van der Waals surface area contributed by atoms with Crippen molar-refractivity contribution in [3.8, 4) is 0 Å². The highest BCUT2D eigenvalue weighted by atomic mass is 16.6. The van der Waals surface area contributed by atoms with Gasteiger partial charge < -0.3 is 9.64 Å². The number of ketones is 1. The second-order valence-corrected chi connectivity index (χ2v) is 3.92. The third-order valence-corrected chi connectivity index (χ3v) is 1.23. The molecule has 0 aliphatic carbocycles. The number of rotatable bonds is 3. The lowest BCUT2D eigenvalue weighted by Crippen LogP contribution is -2.37. The number of Topliss-reactive ketones (excluding diaryl/α,β-unsaturated/α-hetero) is 1. The molecule has 0 heterocycles. The average molecular weight is 201 g/mol. The number of carbonyl (C=O) groups is 3. The SMILES string of the molecule is CN(CC(=O)C=O)C(=O)OC(C)(C)C. The van der Waals surface area contributed by atoms with Gasteiger partial charge in [0.15, 0.2) is 6.29 Å². The third-order valence-electron chi connectivity index (χ3n) is 1.23.